The van der Waals surface area contributed by atoms with Crippen LogP contribution in [-0.4, -0.2) is 55.6 Å². The molecule has 18 heavy (non-hydrogen) atoms. The summed E-state index contributed by atoms with van der Waals surface area (Å²) < 4.78 is 10.8. The van der Waals surface area contributed by atoms with Crippen LogP contribution in [0.25, 0.3) is 0 Å². The highest BCUT2D eigenvalue weighted by Crippen LogP contribution is 2.16. The summed E-state index contributed by atoms with van der Waals surface area (Å²) in [5, 5.41) is 9.21. The molecule has 0 unspecified atom stereocenters. The van der Waals surface area contributed by atoms with Crippen LogP contribution < -0.4 is 0 Å². The van der Waals surface area contributed by atoms with E-state index in [0.717, 1.165) is 13.1 Å². The highest BCUT2D eigenvalue weighted by atomic mass is 16.5. The minimum Gasteiger partial charge on any atom is -0.394 e. The van der Waals surface area contributed by atoms with E-state index in [1.807, 2.05) is 18.2 Å². The number of rotatable bonds is 5. The summed E-state index contributed by atoms with van der Waals surface area (Å²) in [5.41, 5.74) is 1.28. The number of aliphatic hydroxyl groups is 1. The number of benzene rings is 1. The van der Waals surface area contributed by atoms with Crippen molar-refractivity contribution >= 4 is 0 Å². The van der Waals surface area contributed by atoms with Gasteiger partial charge in [0.25, 0.3) is 0 Å². The molecule has 0 bridgehead atoms. The van der Waals surface area contributed by atoms with E-state index in [4.69, 9.17) is 9.47 Å². The minimum absolute atomic E-state index is 0.0744. The van der Waals surface area contributed by atoms with Crippen LogP contribution in [0.2, 0.25) is 0 Å². The summed E-state index contributed by atoms with van der Waals surface area (Å²) in [6.45, 7) is 2.97. The van der Waals surface area contributed by atoms with Gasteiger partial charge in [-0.1, -0.05) is 30.3 Å². The standard InChI is InChI=1S/C14H21NO3/c1-17-10-13-11-18-14(9-16)8-15(13)7-12-5-3-2-4-6-12/h2-6,13-14,16H,7-11H2,1H3/t13-,14+/m0/s1. The maximum atomic E-state index is 9.21. The fraction of sp³-hybridized carbons (Fsp3) is 0.571. The van der Waals surface area contributed by atoms with Crippen molar-refractivity contribution in [2.24, 2.45) is 0 Å². The molecule has 1 saturated heterocycles. The van der Waals surface area contributed by atoms with Crippen LogP contribution in [0.1, 0.15) is 5.56 Å². The van der Waals surface area contributed by atoms with Gasteiger partial charge in [-0.15, -0.1) is 0 Å². The molecule has 0 aromatic heterocycles. The van der Waals surface area contributed by atoms with Gasteiger partial charge >= 0.3 is 0 Å². The summed E-state index contributed by atoms with van der Waals surface area (Å²) in [6.07, 6.45) is -0.0816. The van der Waals surface area contributed by atoms with Gasteiger partial charge in [0.1, 0.15) is 0 Å². The molecule has 4 heteroatoms. The normalized spacial score (nSPS) is 25.2. The van der Waals surface area contributed by atoms with Gasteiger partial charge in [-0.3, -0.25) is 4.90 Å². The molecule has 0 aliphatic carbocycles. The van der Waals surface area contributed by atoms with Gasteiger partial charge in [0.2, 0.25) is 0 Å². The smallest absolute Gasteiger partial charge is 0.0933 e. The Morgan fingerprint density at radius 2 is 2.17 bits per heavy atom. The average Bonchev–Trinajstić information content (AvgIpc) is 2.42. The first-order valence-corrected chi connectivity index (χ1v) is 6.33. The van der Waals surface area contributed by atoms with Crippen LogP contribution in [0.3, 0.4) is 0 Å². The number of nitrogens with zero attached hydrogens (tertiary/aromatic N) is 1. The lowest BCUT2D eigenvalue weighted by Gasteiger charge is -2.38. The third-order valence-corrected chi connectivity index (χ3v) is 3.27. The third-order valence-electron chi connectivity index (χ3n) is 3.27. The molecule has 1 aliphatic rings. The topological polar surface area (TPSA) is 41.9 Å². The second kappa shape index (κ2) is 6.85. The Morgan fingerprint density at radius 3 is 2.83 bits per heavy atom. The first-order chi connectivity index (χ1) is 8.83. The molecule has 1 aromatic carbocycles. The third kappa shape index (κ3) is 3.53. The molecule has 0 spiro atoms. The molecular weight excluding hydrogens is 230 g/mol. The van der Waals surface area contributed by atoms with E-state index in [0.29, 0.717) is 13.2 Å². The predicted octanol–water partition coefficient (Wildman–Crippen LogP) is 0.895. The molecule has 100 valence electrons. The molecule has 2 atom stereocenters. The van der Waals surface area contributed by atoms with Crippen molar-refractivity contribution in [3.63, 3.8) is 0 Å². The fourth-order valence-corrected chi connectivity index (χ4v) is 2.28. The Kier molecular flexibility index (Phi) is 5.13. The Hall–Kier alpha value is -0.940. The van der Waals surface area contributed by atoms with E-state index in [1.54, 1.807) is 7.11 Å². The molecule has 0 saturated carbocycles. The number of hydrogen-bond acceptors (Lipinski definition) is 4. The molecule has 1 aliphatic heterocycles. The highest BCUT2D eigenvalue weighted by Gasteiger charge is 2.28. The minimum atomic E-state index is -0.0816. The van der Waals surface area contributed by atoms with Crippen LogP contribution in [-0.2, 0) is 16.0 Å². The van der Waals surface area contributed by atoms with Crippen molar-refractivity contribution in [3.05, 3.63) is 35.9 Å². The van der Waals surface area contributed by atoms with Crippen molar-refractivity contribution in [2.75, 3.05) is 33.5 Å². The molecule has 1 aromatic rings. The second-order valence-electron chi connectivity index (χ2n) is 4.66. The Balaban J connectivity index is 2.00. The van der Waals surface area contributed by atoms with Gasteiger partial charge in [0, 0.05) is 20.2 Å². The van der Waals surface area contributed by atoms with E-state index < -0.39 is 0 Å². The fourth-order valence-electron chi connectivity index (χ4n) is 2.28. The lowest BCUT2D eigenvalue weighted by atomic mass is 10.1. The largest absolute Gasteiger partial charge is 0.394 e. The maximum Gasteiger partial charge on any atom is 0.0933 e. The number of methoxy groups -OCH3 is 1. The van der Waals surface area contributed by atoms with Crippen LogP contribution in [0, 0.1) is 0 Å². The zero-order valence-corrected chi connectivity index (χ0v) is 10.8. The molecule has 1 fully saturated rings. The van der Waals surface area contributed by atoms with E-state index in [1.165, 1.54) is 5.56 Å². The van der Waals surface area contributed by atoms with E-state index in [9.17, 15) is 5.11 Å². The highest BCUT2D eigenvalue weighted by molar-refractivity contribution is 5.14. The summed E-state index contributed by atoms with van der Waals surface area (Å²) in [7, 11) is 1.71. The van der Waals surface area contributed by atoms with Gasteiger partial charge in [-0.2, -0.15) is 0 Å². The van der Waals surface area contributed by atoms with Gasteiger partial charge in [0.15, 0.2) is 0 Å². The Bertz CT molecular complexity index is 344. The van der Waals surface area contributed by atoms with Crippen molar-refractivity contribution in [3.8, 4) is 0 Å². The number of aliphatic hydroxyl groups excluding tert-OH is 1. The van der Waals surface area contributed by atoms with Crippen molar-refractivity contribution in [2.45, 2.75) is 18.7 Å². The maximum absolute atomic E-state index is 9.21. The Morgan fingerprint density at radius 1 is 1.39 bits per heavy atom. The average molecular weight is 251 g/mol. The van der Waals surface area contributed by atoms with Crippen LogP contribution in [0.4, 0.5) is 0 Å². The number of hydrogen-bond donors (Lipinski definition) is 1. The monoisotopic (exact) mass is 251 g/mol. The second-order valence-corrected chi connectivity index (χ2v) is 4.66. The lowest BCUT2D eigenvalue weighted by molar-refractivity contribution is -0.0992. The van der Waals surface area contributed by atoms with E-state index >= 15 is 0 Å². The van der Waals surface area contributed by atoms with Crippen LogP contribution in [0.5, 0.6) is 0 Å². The summed E-state index contributed by atoms with van der Waals surface area (Å²) in [4.78, 5) is 2.32. The summed E-state index contributed by atoms with van der Waals surface area (Å²) in [5.74, 6) is 0. The van der Waals surface area contributed by atoms with Gasteiger partial charge in [-0.05, 0) is 5.56 Å². The molecule has 1 N–H and O–H groups in total. The summed E-state index contributed by atoms with van der Waals surface area (Å²) in [6, 6.07) is 10.6. The zero-order valence-electron chi connectivity index (χ0n) is 10.8. The van der Waals surface area contributed by atoms with Gasteiger partial charge < -0.3 is 14.6 Å². The van der Waals surface area contributed by atoms with Crippen LogP contribution >= 0.6 is 0 Å². The first-order valence-electron chi connectivity index (χ1n) is 6.33. The molecule has 4 nitrogen and oxygen atoms in total. The quantitative estimate of drug-likeness (QED) is 0.844. The SMILES string of the molecule is COC[C@H]1CO[C@@H](CO)CN1Cc1ccccc1. The lowest BCUT2D eigenvalue weighted by Crippen LogP contribution is -2.52. The molecule has 1 heterocycles. The van der Waals surface area contributed by atoms with Crippen molar-refractivity contribution in [1.82, 2.24) is 4.90 Å². The molecule has 2 rings (SSSR count). The van der Waals surface area contributed by atoms with Crippen LogP contribution in [0.15, 0.2) is 30.3 Å². The van der Waals surface area contributed by atoms with E-state index in [2.05, 4.69) is 17.0 Å². The zero-order chi connectivity index (χ0) is 12.8. The number of ether oxygens (including phenoxy) is 2. The molecule has 0 radical (unpaired) electrons. The van der Waals surface area contributed by atoms with Gasteiger partial charge in [-0.25, -0.2) is 0 Å². The van der Waals surface area contributed by atoms with Crippen molar-refractivity contribution < 1.29 is 14.6 Å². The summed E-state index contributed by atoms with van der Waals surface area (Å²) >= 11 is 0. The van der Waals surface area contributed by atoms with Gasteiger partial charge in [0.05, 0.1) is 32.0 Å². The first kappa shape index (κ1) is 13.5. The number of morpholine rings is 1. The van der Waals surface area contributed by atoms with E-state index in [-0.39, 0.29) is 18.8 Å². The Labute approximate surface area is 108 Å². The molecule has 0 amide bonds. The predicted molar refractivity (Wildman–Crippen MR) is 69.3 cm³/mol. The molecular formula is C14H21NO3. The van der Waals surface area contributed by atoms with Crippen molar-refractivity contribution in [1.29, 1.82) is 0 Å².